The molecule has 1 aliphatic rings. The van der Waals surface area contributed by atoms with Crippen LogP contribution in [-0.2, 0) is 0 Å². The van der Waals surface area contributed by atoms with Crippen molar-refractivity contribution in [3.8, 4) is 0 Å². The molecule has 0 bridgehead atoms. The summed E-state index contributed by atoms with van der Waals surface area (Å²) in [6.45, 7) is 11.3. The minimum Gasteiger partial charge on any atom is -0.300 e. The van der Waals surface area contributed by atoms with Gasteiger partial charge in [-0.3, -0.25) is 14.6 Å². The Morgan fingerprint density at radius 2 is 2.00 bits per heavy atom. The first-order chi connectivity index (χ1) is 9.65. The van der Waals surface area contributed by atoms with Crippen LogP contribution >= 0.6 is 0 Å². The third-order valence-electron chi connectivity index (χ3n) is 4.39. The molecule has 1 aromatic rings. The summed E-state index contributed by atoms with van der Waals surface area (Å²) in [5, 5.41) is 0. The summed E-state index contributed by atoms with van der Waals surface area (Å²) in [5.74, 6) is 0.253. The maximum Gasteiger partial charge on any atom is 0.177 e. The average molecular weight is 274 g/mol. The Kier molecular flexibility index (Phi) is 5.32. The normalized spacial score (nSPS) is 19.7. The molecule has 110 valence electrons. The minimum absolute atomic E-state index is 0.253. The van der Waals surface area contributed by atoms with Crippen LogP contribution in [0.5, 0.6) is 0 Å². The Bertz CT molecular complexity index is 454. The predicted molar refractivity (Wildman–Crippen MR) is 83.3 cm³/mol. The van der Waals surface area contributed by atoms with E-state index in [0.29, 0.717) is 12.6 Å². The molecule has 2 rings (SSSR count). The second kappa shape index (κ2) is 7.00. The molecule has 1 heterocycles. The zero-order chi connectivity index (χ0) is 14.5. The summed E-state index contributed by atoms with van der Waals surface area (Å²) in [7, 11) is 0. The topological polar surface area (TPSA) is 23.6 Å². The quantitative estimate of drug-likeness (QED) is 0.745. The van der Waals surface area contributed by atoms with Crippen molar-refractivity contribution >= 4 is 5.78 Å². The van der Waals surface area contributed by atoms with Crippen LogP contribution in [0.25, 0.3) is 0 Å². The van der Waals surface area contributed by atoms with E-state index in [1.54, 1.807) is 0 Å². The second-order valence-corrected chi connectivity index (χ2v) is 5.64. The summed E-state index contributed by atoms with van der Waals surface area (Å²) in [5.41, 5.74) is 1.95. The van der Waals surface area contributed by atoms with E-state index in [-0.39, 0.29) is 5.78 Å². The van der Waals surface area contributed by atoms with E-state index in [9.17, 15) is 4.79 Å². The van der Waals surface area contributed by atoms with Crippen molar-refractivity contribution in [2.24, 2.45) is 0 Å². The molecule has 1 atom stereocenters. The number of likely N-dealkylation sites (N-methyl/N-ethyl adjacent to an activating group) is 1. The van der Waals surface area contributed by atoms with Gasteiger partial charge in [0.2, 0.25) is 0 Å². The Morgan fingerprint density at radius 1 is 1.30 bits per heavy atom. The van der Waals surface area contributed by atoms with Crippen molar-refractivity contribution in [1.82, 2.24) is 9.80 Å². The van der Waals surface area contributed by atoms with Gasteiger partial charge in [0.1, 0.15) is 0 Å². The smallest absolute Gasteiger partial charge is 0.177 e. The number of benzene rings is 1. The van der Waals surface area contributed by atoms with Crippen LogP contribution in [0.1, 0.15) is 36.2 Å². The Morgan fingerprint density at radius 3 is 2.65 bits per heavy atom. The minimum atomic E-state index is 0.253. The van der Waals surface area contributed by atoms with Gasteiger partial charge < -0.3 is 0 Å². The Labute approximate surface area is 122 Å². The van der Waals surface area contributed by atoms with Crippen LogP contribution in [0, 0.1) is 6.92 Å². The van der Waals surface area contributed by atoms with Gasteiger partial charge in [-0.15, -0.1) is 0 Å². The molecule has 0 radical (unpaired) electrons. The van der Waals surface area contributed by atoms with E-state index in [1.165, 1.54) is 6.42 Å². The largest absolute Gasteiger partial charge is 0.300 e. The van der Waals surface area contributed by atoms with E-state index in [4.69, 9.17) is 0 Å². The van der Waals surface area contributed by atoms with Gasteiger partial charge >= 0.3 is 0 Å². The number of nitrogens with zero attached hydrogens (tertiary/aromatic N) is 2. The van der Waals surface area contributed by atoms with E-state index in [1.807, 2.05) is 31.2 Å². The van der Waals surface area contributed by atoms with Crippen molar-refractivity contribution in [1.29, 1.82) is 0 Å². The summed E-state index contributed by atoms with van der Waals surface area (Å²) in [6, 6.07) is 8.50. The van der Waals surface area contributed by atoms with Gasteiger partial charge in [-0.2, -0.15) is 0 Å². The molecular formula is C17H26N2O. The monoisotopic (exact) mass is 274 g/mol. The molecule has 20 heavy (non-hydrogen) atoms. The summed E-state index contributed by atoms with van der Waals surface area (Å²) in [4.78, 5) is 17.2. The van der Waals surface area contributed by atoms with Crippen LogP contribution in [0.4, 0.5) is 0 Å². The lowest BCUT2D eigenvalue weighted by molar-refractivity contribution is 0.0939. The number of carbonyl (C=O) groups excluding carboxylic acids is 1. The zero-order valence-electron chi connectivity index (χ0n) is 12.9. The van der Waals surface area contributed by atoms with Crippen LogP contribution < -0.4 is 0 Å². The maximum atomic E-state index is 12.4. The molecule has 1 aliphatic heterocycles. The Balaban J connectivity index is 1.92. The first-order valence-electron chi connectivity index (χ1n) is 7.71. The molecule has 3 heteroatoms. The molecule has 0 aromatic heterocycles. The fourth-order valence-electron chi connectivity index (χ4n) is 3.17. The number of hydrogen-bond acceptors (Lipinski definition) is 3. The lowest BCUT2D eigenvalue weighted by Crippen LogP contribution is -2.38. The number of Topliss-reactive ketones (excluding diaryl/α,β-unsaturated/α-hetero) is 1. The number of ketones is 1. The summed E-state index contributed by atoms with van der Waals surface area (Å²) in [6.07, 6.45) is 1.18. The zero-order valence-corrected chi connectivity index (χ0v) is 12.9. The molecule has 0 amide bonds. The number of hydrogen-bond donors (Lipinski definition) is 0. The van der Waals surface area contributed by atoms with Gasteiger partial charge in [-0.25, -0.2) is 0 Å². The highest BCUT2D eigenvalue weighted by molar-refractivity contribution is 5.98. The molecule has 0 saturated carbocycles. The first-order valence-corrected chi connectivity index (χ1v) is 7.71. The van der Waals surface area contributed by atoms with Crippen LogP contribution in [0.15, 0.2) is 24.3 Å². The van der Waals surface area contributed by atoms with Crippen molar-refractivity contribution in [2.75, 3.05) is 32.7 Å². The van der Waals surface area contributed by atoms with Crippen LogP contribution in [-0.4, -0.2) is 54.3 Å². The van der Waals surface area contributed by atoms with Gasteiger partial charge in [0.25, 0.3) is 0 Å². The van der Waals surface area contributed by atoms with Gasteiger partial charge in [-0.1, -0.05) is 38.1 Å². The number of rotatable bonds is 6. The highest BCUT2D eigenvalue weighted by atomic mass is 16.1. The number of likely N-dealkylation sites (tertiary alicyclic amines) is 1. The first kappa shape index (κ1) is 15.2. The third kappa shape index (κ3) is 3.47. The summed E-state index contributed by atoms with van der Waals surface area (Å²) < 4.78 is 0. The number of carbonyl (C=O) groups is 1. The van der Waals surface area contributed by atoms with Crippen molar-refractivity contribution in [3.05, 3.63) is 35.4 Å². The molecular weight excluding hydrogens is 248 g/mol. The molecule has 0 spiro atoms. The SMILES string of the molecule is CCN(CC)C1CCN(CC(=O)c2ccccc2C)C1. The van der Waals surface area contributed by atoms with Gasteiger partial charge in [-0.05, 0) is 32.0 Å². The van der Waals surface area contributed by atoms with Gasteiger partial charge in [0, 0.05) is 24.7 Å². The van der Waals surface area contributed by atoms with E-state index in [0.717, 1.165) is 37.3 Å². The lowest BCUT2D eigenvalue weighted by Gasteiger charge is -2.26. The van der Waals surface area contributed by atoms with E-state index >= 15 is 0 Å². The lowest BCUT2D eigenvalue weighted by atomic mass is 10.0. The van der Waals surface area contributed by atoms with Crippen molar-refractivity contribution in [3.63, 3.8) is 0 Å². The molecule has 1 fully saturated rings. The van der Waals surface area contributed by atoms with Gasteiger partial charge in [0.05, 0.1) is 6.54 Å². The molecule has 3 nitrogen and oxygen atoms in total. The van der Waals surface area contributed by atoms with E-state index in [2.05, 4.69) is 23.6 Å². The molecule has 1 saturated heterocycles. The molecule has 1 aromatic carbocycles. The third-order valence-corrected chi connectivity index (χ3v) is 4.39. The standard InChI is InChI=1S/C17H26N2O/c1-4-19(5-2)15-10-11-18(12-15)13-17(20)16-9-7-6-8-14(16)3/h6-9,15H,4-5,10-13H2,1-3H3. The Hall–Kier alpha value is -1.19. The van der Waals surface area contributed by atoms with Crippen LogP contribution in [0.3, 0.4) is 0 Å². The highest BCUT2D eigenvalue weighted by Gasteiger charge is 2.27. The summed E-state index contributed by atoms with van der Waals surface area (Å²) >= 11 is 0. The molecule has 0 aliphatic carbocycles. The fourth-order valence-corrected chi connectivity index (χ4v) is 3.17. The van der Waals surface area contributed by atoms with E-state index < -0.39 is 0 Å². The van der Waals surface area contributed by atoms with Gasteiger partial charge in [0.15, 0.2) is 5.78 Å². The predicted octanol–water partition coefficient (Wildman–Crippen LogP) is 2.59. The maximum absolute atomic E-state index is 12.4. The van der Waals surface area contributed by atoms with Crippen molar-refractivity contribution < 1.29 is 4.79 Å². The second-order valence-electron chi connectivity index (χ2n) is 5.64. The molecule has 1 unspecified atom stereocenters. The highest BCUT2D eigenvalue weighted by Crippen LogP contribution is 2.16. The fraction of sp³-hybridized carbons (Fsp3) is 0.588. The van der Waals surface area contributed by atoms with Crippen molar-refractivity contribution in [2.45, 2.75) is 33.2 Å². The molecule has 0 N–H and O–H groups in total. The number of aryl methyl sites for hydroxylation is 1. The average Bonchev–Trinajstić information content (AvgIpc) is 2.89. The van der Waals surface area contributed by atoms with Crippen LogP contribution in [0.2, 0.25) is 0 Å².